The molecule has 0 aliphatic rings. The average molecular weight is 197 g/mol. The zero-order chi connectivity index (χ0) is 10.6. The highest BCUT2D eigenvalue weighted by Gasteiger charge is 2.24. The number of alkyl halides is 1. The van der Waals surface area contributed by atoms with Crippen LogP contribution in [-0.4, -0.2) is 13.7 Å². The third-order valence-corrected chi connectivity index (χ3v) is 2.29. The SMILES string of the molecule is COc1cccc(C(C)(F)CCN)c1. The maximum atomic E-state index is 14.0. The number of hydrogen-bond donors (Lipinski definition) is 1. The lowest BCUT2D eigenvalue weighted by atomic mass is 9.94. The highest BCUT2D eigenvalue weighted by Crippen LogP contribution is 2.30. The highest BCUT2D eigenvalue weighted by molar-refractivity contribution is 5.31. The molecule has 0 spiro atoms. The second-order valence-corrected chi connectivity index (χ2v) is 3.47. The van der Waals surface area contributed by atoms with Gasteiger partial charge < -0.3 is 10.5 Å². The smallest absolute Gasteiger partial charge is 0.134 e. The Morgan fingerprint density at radius 3 is 2.79 bits per heavy atom. The van der Waals surface area contributed by atoms with E-state index in [1.807, 2.05) is 0 Å². The van der Waals surface area contributed by atoms with Crippen molar-refractivity contribution in [3.05, 3.63) is 29.8 Å². The summed E-state index contributed by atoms with van der Waals surface area (Å²) in [6, 6.07) is 7.03. The van der Waals surface area contributed by atoms with Crippen molar-refractivity contribution in [3.63, 3.8) is 0 Å². The molecule has 0 saturated heterocycles. The largest absolute Gasteiger partial charge is 0.497 e. The van der Waals surface area contributed by atoms with Crippen molar-refractivity contribution in [2.45, 2.75) is 19.0 Å². The van der Waals surface area contributed by atoms with Crippen molar-refractivity contribution in [2.24, 2.45) is 5.73 Å². The van der Waals surface area contributed by atoms with Crippen LogP contribution in [-0.2, 0) is 5.67 Å². The van der Waals surface area contributed by atoms with Crippen molar-refractivity contribution in [2.75, 3.05) is 13.7 Å². The molecule has 1 rings (SSSR count). The normalized spacial score (nSPS) is 14.9. The molecule has 2 nitrogen and oxygen atoms in total. The van der Waals surface area contributed by atoms with E-state index in [9.17, 15) is 4.39 Å². The van der Waals surface area contributed by atoms with Crippen LogP contribution in [0.4, 0.5) is 4.39 Å². The Morgan fingerprint density at radius 2 is 2.21 bits per heavy atom. The summed E-state index contributed by atoms with van der Waals surface area (Å²) in [4.78, 5) is 0. The van der Waals surface area contributed by atoms with Gasteiger partial charge in [0.2, 0.25) is 0 Å². The number of ether oxygens (including phenoxy) is 1. The molecule has 2 N–H and O–H groups in total. The van der Waals surface area contributed by atoms with Gasteiger partial charge in [-0.05, 0) is 37.6 Å². The van der Waals surface area contributed by atoms with Crippen molar-refractivity contribution in [1.29, 1.82) is 0 Å². The van der Waals surface area contributed by atoms with Gasteiger partial charge in [0.25, 0.3) is 0 Å². The Labute approximate surface area is 83.9 Å². The summed E-state index contributed by atoms with van der Waals surface area (Å²) < 4.78 is 19.0. The quantitative estimate of drug-likeness (QED) is 0.803. The van der Waals surface area contributed by atoms with E-state index in [4.69, 9.17) is 10.5 Å². The van der Waals surface area contributed by atoms with Crippen molar-refractivity contribution in [1.82, 2.24) is 0 Å². The van der Waals surface area contributed by atoms with Crippen molar-refractivity contribution in [3.8, 4) is 5.75 Å². The molecule has 3 heteroatoms. The molecule has 0 radical (unpaired) electrons. The number of methoxy groups -OCH3 is 1. The number of benzene rings is 1. The van der Waals surface area contributed by atoms with Gasteiger partial charge in [-0.3, -0.25) is 0 Å². The van der Waals surface area contributed by atoms with Gasteiger partial charge >= 0.3 is 0 Å². The first-order chi connectivity index (χ1) is 6.60. The Balaban J connectivity index is 2.93. The maximum Gasteiger partial charge on any atom is 0.134 e. The lowest BCUT2D eigenvalue weighted by Gasteiger charge is -2.20. The third kappa shape index (κ3) is 2.45. The average Bonchev–Trinajstić information content (AvgIpc) is 2.18. The standard InChI is InChI=1S/C11H16FNO/c1-11(12,6-7-13)9-4-3-5-10(8-9)14-2/h3-5,8H,6-7,13H2,1-2H3. The van der Waals surface area contributed by atoms with Gasteiger partial charge in [-0.15, -0.1) is 0 Å². The molecule has 14 heavy (non-hydrogen) atoms. The minimum Gasteiger partial charge on any atom is -0.497 e. The first kappa shape index (κ1) is 11.0. The molecule has 0 heterocycles. The van der Waals surface area contributed by atoms with E-state index in [-0.39, 0.29) is 0 Å². The van der Waals surface area contributed by atoms with Crippen LogP contribution in [0.15, 0.2) is 24.3 Å². The van der Waals surface area contributed by atoms with E-state index in [0.717, 1.165) is 0 Å². The van der Waals surface area contributed by atoms with Crippen LogP contribution in [0.3, 0.4) is 0 Å². The highest BCUT2D eigenvalue weighted by atomic mass is 19.1. The summed E-state index contributed by atoms with van der Waals surface area (Å²) in [5, 5.41) is 0. The zero-order valence-electron chi connectivity index (χ0n) is 8.59. The summed E-state index contributed by atoms with van der Waals surface area (Å²) in [7, 11) is 1.57. The van der Waals surface area contributed by atoms with Gasteiger partial charge in [0.05, 0.1) is 7.11 Å². The van der Waals surface area contributed by atoms with E-state index in [1.165, 1.54) is 6.92 Å². The maximum absolute atomic E-state index is 14.0. The van der Waals surface area contributed by atoms with Crippen LogP contribution in [0.1, 0.15) is 18.9 Å². The van der Waals surface area contributed by atoms with Crippen LogP contribution < -0.4 is 10.5 Å². The molecule has 0 aliphatic carbocycles. The number of hydrogen-bond acceptors (Lipinski definition) is 2. The van der Waals surface area contributed by atoms with Crippen LogP contribution in [0, 0.1) is 0 Å². The van der Waals surface area contributed by atoms with Crippen LogP contribution in [0.25, 0.3) is 0 Å². The Kier molecular flexibility index (Phi) is 3.47. The second kappa shape index (κ2) is 4.42. The summed E-state index contributed by atoms with van der Waals surface area (Å²) >= 11 is 0. The molecular formula is C11H16FNO. The Bertz CT molecular complexity index is 299. The van der Waals surface area contributed by atoms with Gasteiger partial charge in [0, 0.05) is 0 Å². The Morgan fingerprint density at radius 1 is 1.50 bits per heavy atom. The van der Waals surface area contributed by atoms with Crippen LogP contribution in [0.5, 0.6) is 5.75 Å². The minimum atomic E-state index is -1.37. The molecule has 0 aliphatic heterocycles. The number of halogens is 1. The van der Waals surface area contributed by atoms with Gasteiger partial charge in [-0.1, -0.05) is 12.1 Å². The molecule has 1 atom stereocenters. The molecule has 0 saturated carbocycles. The van der Waals surface area contributed by atoms with Crippen molar-refractivity contribution < 1.29 is 9.13 Å². The van der Waals surface area contributed by atoms with E-state index in [2.05, 4.69) is 0 Å². The molecule has 1 unspecified atom stereocenters. The first-order valence-corrected chi connectivity index (χ1v) is 4.63. The van der Waals surface area contributed by atoms with Crippen LogP contribution in [0.2, 0.25) is 0 Å². The van der Waals surface area contributed by atoms with Crippen LogP contribution >= 0.6 is 0 Å². The van der Waals surface area contributed by atoms with Gasteiger partial charge in [0.15, 0.2) is 0 Å². The summed E-state index contributed by atoms with van der Waals surface area (Å²) in [5.41, 5.74) is 4.59. The third-order valence-electron chi connectivity index (χ3n) is 2.29. The molecule has 0 fully saturated rings. The second-order valence-electron chi connectivity index (χ2n) is 3.47. The van der Waals surface area contributed by atoms with E-state index in [1.54, 1.807) is 31.4 Å². The van der Waals surface area contributed by atoms with Crippen molar-refractivity contribution >= 4 is 0 Å². The predicted molar refractivity (Wildman–Crippen MR) is 55.1 cm³/mol. The lowest BCUT2D eigenvalue weighted by molar-refractivity contribution is 0.180. The first-order valence-electron chi connectivity index (χ1n) is 4.63. The van der Waals surface area contributed by atoms with Gasteiger partial charge in [0.1, 0.15) is 11.4 Å². The molecule has 1 aromatic rings. The summed E-state index contributed by atoms with van der Waals surface area (Å²) in [6.45, 7) is 1.87. The molecule has 78 valence electrons. The number of nitrogens with two attached hydrogens (primary N) is 1. The number of rotatable bonds is 4. The van der Waals surface area contributed by atoms with E-state index < -0.39 is 5.67 Å². The summed E-state index contributed by atoms with van der Waals surface area (Å²) in [6.07, 6.45) is 0.320. The molecule has 0 aromatic heterocycles. The molecule has 0 amide bonds. The fourth-order valence-electron chi connectivity index (χ4n) is 1.36. The van der Waals surface area contributed by atoms with Gasteiger partial charge in [-0.25, -0.2) is 4.39 Å². The molecular weight excluding hydrogens is 181 g/mol. The lowest BCUT2D eigenvalue weighted by Crippen LogP contribution is -2.20. The predicted octanol–water partition coefficient (Wildman–Crippen LogP) is 2.23. The summed E-state index contributed by atoms with van der Waals surface area (Å²) in [5.74, 6) is 0.670. The monoisotopic (exact) mass is 197 g/mol. The van der Waals surface area contributed by atoms with E-state index in [0.29, 0.717) is 24.3 Å². The molecule has 0 bridgehead atoms. The van der Waals surface area contributed by atoms with Gasteiger partial charge in [-0.2, -0.15) is 0 Å². The minimum absolute atomic E-state index is 0.320. The fraction of sp³-hybridized carbons (Fsp3) is 0.455. The zero-order valence-corrected chi connectivity index (χ0v) is 8.59. The topological polar surface area (TPSA) is 35.2 Å². The molecule has 1 aromatic carbocycles. The Hall–Kier alpha value is -1.09. The fourth-order valence-corrected chi connectivity index (χ4v) is 1.36. The van der Waals surface area contributed by atoms with E-state index >= 15 is 0 Å².